The van der Waals surface area contributed by atoms with E-state index in [-0.39, 0.29) is 0 Å². The normalized spacial score (nSPS) is 32.3. The van der Waals surface area contributed by atoms with Gasteiger partial charge in [-0.2, -0.15) is 0 Å². The fourth-order valence-electron chi connectivity index (χ4n) is 22.8. The van der Waals surface area contributed by atoms with E-state index in [1.54, 1.807) is 11.1 Å². The summed E-state index contributed by atoms with van der Waals surface area (Å²) in [4.78, 5) is 0. The largest absolute Gasteiger partial charge is 0.396 e. The Kier molecular flexibility index (Phi) is 41.8. The molecule has 8 nitrogen and oxygen atoms in total. The molecule has 4 unspecified atom stereocenters. The molecular formula is C95H170O8. The van der Waals surface area contributed by atoms with E-state index in [1.807, 2.05) is 0 Å². The van der Waals surface area contributed by atoms with Crippen LogP contribution < -0.4 is 0 Å². The first-order valence-electron chi connectivity index (χ1n) is 45.5. The van der Waals surface area contributed by atoms with Gasteiger partial charge in [-0.05, 0) is 272 Å². The first kappa shape index (κ1) is 88.9. The molecule has 18 atom stereocenters. The molecule has 8 heteroatoms. The maximum absolute atomic E-state index is 10.1. The molecule has 1 heterocycles. The highest BCUT2D eigenvalue weighted by molar-refractivity contribution is 5.27. The minimum Gasteiger partial charge on any atom is -0.396 e. The van der Waals surface area contributed by atoms with Crippen LogP contribution in [-0.4, -0.2) is 101 Å². The van der Waals surface area contributed by atoms with Crippen LogP contribution in [0.2, 0.25) is 0 Å². The molecule has 1 saturated heterocycles. The van der Waals surface area contributed by atoms with E-state index in [4.69, 9.17) is 33.5 Å². The third-order valence-corrected chi connectivity index (χ3v) is 29.1. The van der Waals surface area contributed by atoms with Crippen LogP contribution in [0, 0.1) is 92.7 Å². The average molecular weight is 1440 g/mol. The van der Waals surface area contributed by atoms with Gasteiger partial charge in [0.2, 0.25) is 0 Å². The summed E-state index contributed by atoms with van der Waals surface area (Å²) in [5.74, 6) is 11.0. The Morgan fingerprint density at radius 3 is 1.28 bits per heavy atom. The van der Waals surface area contributed by atoms with E-state index < -0.39 is 6.10 Å². The van der Waals surface area contributed by atoms with Crippen molar-refractivity contribution in [2.75, 3.05) is 66.1 Å². The second-order valence-corrected chi connectivity index (χ2v) is 37.7. The molecule has 7 fully saturated rings. The molecule has 9 aliphatic rings. The molecule has 6 saturated carbocycles. The number of ether oxygens (including phenoxy) is 6. The van der Waals surface area contributed by atoms with Gasteiger partial charge in [-0.15, -0.1) is 0 Å². The number of aliphatic hydroxyl groups excluding tert-OH is 2. The lowest BCUT2D eigenvalue weighted by Crippen LogP contribution is -2.51. The third kappa shape index (κ3) is 28.7. The second kappa shape index (κ2) is 48.4. The Balaban J connectivity index is 0.000000247. The van der Waals surface area contributed by atoms with Crippen molar-refractivity contribution < 1.29 is 38.6 Å². The SMILES string of the molecule is CC(C)CCC[C@@H](C)[C@H]1CCC2[C@@H]3CC=C4C[C@@H](OCCCCCCCCO)CC[C@]4(C)C3CC[C@@]21C.CCCCC/C=C\CCCOC[C@H](O)COCCCCCCCO[C@H]1CC[C@@]2(C)C(=CC[C@@H]3C2CC[C@@]2(C)C3CC[C@@H]2[C@H](C)CCCC(C)C)C1.CCCCC/C=C\CCCOC[C@H]1CO1. The van der Waals surface area contributed by atoms with Gasteiger partial charge in [0.15, 0.2) is 0 Å². The van der Waals surface area contributed by atoms with Crippen LogP contribution in [0.25, 0.3) is 0 Å². The first-order chi connectivity index (χ1) is 49.9. The van der Waals surface area contributed by atoms with Crippen molar-refractivity contribution in [3.8, 4) is 0 Å². The lowest BCUT2D eigenvalue weighted by Gasteiger charge is -2.58. The van der Waals surface area contributed by atoms with Crippen molar-refractivity contribution in [3.05, 3.63) is 47.6 Å². The number of unbranched alkanes of at least 4 members (excludes halogenated alkanes) is 17. The van der Waals surface area contributed by atoms with Crippen molar-refractivity contribution in [2.24, 2.45) is 92.7 Å². The molecule has 1 aliphatic heterocycles. The number of hydrogen-bond acceptors (Lipinski definition) is 8. The fourth-order valence-corrected chi connectivity index (χ4v) is 22.8. The fraction of sp³-hybridized carbons (Fsp3) is 0.916. The van der Waals surface area contributed by atoms with Gasteiger partial charge < -0.3 is 38.6 Å². The summed E-state index contributed by atoms with van der Waals surface area (Å²) >= 11 is 0. The van der Waals surface area contributed by atoms with Crippen LogP contribution in [-0.2, 0) is 28.4 Å². The Morgan fingerprint density at radius 2 is 0.854 bits per heavy atom. The number of rotatable bonds is 50. The van der Waals surface area contributed by atoms with Crippen molar-refractivity contribution in [3.63, 3.8) is 0 Å². The molecule has 0 radical (unpaired) electrons. The Bertz CT molecular complexity index is 2340. The molecule has 2 N–H and O–H groups in total. The molecule has 0 aromatic heterocycles. The molecule has 8 aliphatic carbocycles. The summed E-state index contributed by atoms with van der Waals surface area (Å²) in [5.41, 5.74) is 5.57. The van der Waals surface area contributed by atoms with E-state index in [0.717, 1.165) is 149 Å². The predicted octanol–water partition coefficient (Wildman–Crippen LogP) is 25.7. The van der Waals surface area contributed by atoms with Crippen LogP contribution in [0.1, 0.15) is 372 Å². The van der Waals surface area contributed by atoms with Gasteiger partial charge >= 0.3 is 0 Å². The number of allylic oxidation sites excluding steroid dienone is 6. The highest BCUT2D eigenvalue weighted by Crippen LogP contribution is 2.69. The molecule has 103 heavy (non-hydrogen) atoms. The molecule has 598 valence electrons. The van der Waals surface area contributed by atoms with Crippen molar-refractivity contribution in [1.82, 2.24) is 0 Å². The summed E-state index contributed by atoms with van der Waals surface area (Å²) in [6.07, 6.45) is 73.8. The average Bonchev–Trinajstić information content (AvgIpc) is 1.70. The summed E-state index contributed by atoms with van der Waals surface area (Å²) < 4.78 is 34.8. The highest BCUT2D eigenvalue weighted by atomic mass is 16.6. The molecule has 0 aromatic carbocycles. The van der Waals surface area contributed by atoms with Gasteiger partial charge in [-0.25, -0.2) is 0 Å². The van der Waals surface area contributed by atoms with E-state index in [9.17, 15) is 5.11 Å². The summed E-state index contributed by atoms with van der Waals surface area (Å²) in [6.45, 7) is 36.9. The standard InChI is InChI=1S/C47H84O4.C35H62O2.C13H24O2/c1-7-8-9-10-11-12-14-17-31-49-35-40(48)36-50-32-18-15-13-16-19-33-51-41-27-29-46(5)39(34-41)23-24-42-44-26-25-43(38(4)22-20-21-37(2)3)47(44,6)30-28-45(42)46;1-26(2)13-12-14-27(3)31-17-18-32-30-16-15-28-25-29(37-24-11-9-7-6-8-10-23-36)19-21-34(28,4)33(30)20-22-35(31,32)5;1-2-3-4-5-6-7-8-9-10-14-11-13-12-15-13/h11-12,23,37-38,40-45,48H,7-10,13-22,24-36H2,1-6H3;15,26-27,29-33,36H,6-14,16-25H2,1-5H3;6-7,13H,2-5,8-12H2,1H3/b12-11-;;7-6-/t38-,40+,41+,42+,43-,44?,45?,46+,47-;27-,29+,30+,31-,32?,33?,34+,35-;13-/m110/s1. The summed E-state index contributed by atoms with van der Waals surface area (Å²) in [6, 6.07) is 0. The Hall–Kier alpha value is -1.36. The molecular weight excluding hydrogens is 1270 g/mol. The predicted molar refractivity (Wildman–Crippen MR) is 437 cm³/mol. The monoisotopic (exact) mass is 1440 g/mol. The second-order valence-electron chi connectivity index (χ2n) is 37.7. The maximum Gasteiger partial charge on any atom is 0.104 e. The van der Waals surface area contributed by atoms with E-state index >= 15 is 0 Å². The highest BCUT2D eigenvalue weighted by Gasteiger charge is 2.61. The van der Waals surface area contributed by atoms with Crippen LogP contribution in [0.5, 0.6) is 0 Å². The molecule has 0 aromatic rings. The lowest BCUT2D eigenvalue weighted by atomic mass is 9.47. The van der Waals surface area contributed by atoms with Gasteiger partial charge in [-0.1, -0.05) is 240 Å². The third-order valence-electron chi connectivity index (χ3n) is 29.1. The van der Waals surface area contributed by atoms with Crippen LogP contribution in [0.15, 0.2) is 47.6 Å². The van der Waals surface area contributed by atoms with Crippen LogP contribution in [0.4, 0.5) is 0 Å². The zero-order valence-corrected chi connectivity index (χ0v) is 69.9. The lowest BCUT2D eigenvalue weighted by molar-refractivity contribution is -0.0641. The molecule has 0 amide bonds. The first-order valence-corrected chi connectivity index (χ1v) is 45.5. The van der Waals surface area contributed by atoms with Gasteiger partial charge in [-0.3, -0.25) is 0 Å². The zero-order chi connectivity index (χ0) is 73.8. The van der Waals surface area contributed by atoms with Crippen molar-refractivity contribution >= 4 is 0 Å². The number of hydrogen-bond donors (Lipinski definition) is 2. The minimum atomic E-state index is -0.522. The Morgan fingerprint density at radius 1 is 0.447 bits per heavy atom. The summed E-state index contributed by atoms with van der Waals surface area (Å²) in [7, 11) is 0. The van der Waals surface area contributed by atoms with Crippen molar-refractivity contribution in [2.45, 2.75) is 396 Å². The molecule has 0 spiro atoms. The zero-order valence-electron chi connectivity index (χ0n) is 69.9. The van der Waals surface area contributed by atoms with Gasteiger partial charge in [0.25, 0.3) is 0 Å². The van der Waals surface area contributed by atoms with Crippen LogP contribution in [0.3, 0.4) is 0 Å². The van der Waals surface area contributed by atoms with Crippen molar-refractivity contribution in [1.29, 1.82) is 0 Å². The quantitative estimate of drug-likeness (QED) is 0.0353. The van der Waals surface area contributed by atoms with E-state index in [2.05, 4.69) is 120 Å². The van der Waals surface area contributed by atoms with Gasteiger partial charge in [0, 0.05) is 39.6 Å². The van der Waals surface area contributed by atoms with Gasteiger partial charge in [0.1, 0.15) is 12.2 Å². The van der Waals surface area contributed by atoms with E-state index in [0.29, 0.717) is 66.4 Å². The molecule has 0 bridgehead atoms. The van der Waals surface area contributed by atoms with Gasteiger partial charge in [0.05, 0.1) is 38.6 Å². The maximum atomic E-state index is 10.1. The topological polar surface area (TPSA) is 99.1 Å². The number of epoxide rings is 1. The smallest absolute Gasteiger partial charge is 0.104 e. The van der Waals surface area contributed by atoms with Crippen LogP contribution >= 0.6 is 0 Å². The number of aliphatic hydroxyl groups is 2. The summed E-state index contributed by atoms with van der Waals surface area (Å²) in [5, 5.41) is 19.0. The minimum absolute atomic E-state index is 0.347. The van der Waals surface area contributed by atoms with E-state index in [1.165, 1.54) is 250 Å². The Labute approximate surface area is 638 Å². The number of fused-ring (bicyclic) bond motifs is 10. The molecule has 9 rings (SSSR count).